The lowest BCUT2D eigenvalue weighted by Crippen LogP contribution is -2.39. The molecule has 0 bridgehead atoms. The van der Waals surface area contributed by atoms with Crippen LogP contribution in [0.4, 0.5) is 10.5 Å². The molecule has 3 N–H and O–H groups in total. The maximum absolute atomic E-state index is 11.8. The fourth-order valence-electron chi connectivity index (χ4n) is 1.75. The van der Waals surface area contributed by atoms with Crippen molar-refractivity contribution in [1.29, 1.82) is 0 Å². The van der Waals surface area contributed by atoms with E-state index in [1.807, 2.05) is 31.2 Å². The van der Waals surface area contributed by atoms with Gasteiger partial charge < -0.3 is 20.5 Å². The van der Waals surface area contributed by atoms with Crippen molar-refractivity contribution in [2.24, 2.45) is 0 Å². The third kappa shape index (κ3) is 4.72. The molecule has 0 aliphatic rings. The van der Waals surface area contributed by atoms with Gasteiger partial charge in [0.05, 0.1) is 0 Å². The number of carbonyl (C=O) groups is 1. The van der Waals surface area contributed by atoms with Crippen molar-refractivity contribution in [2.75, 3.05) is 5.32 Å². The minimum atomic E-state index is -0.500. The Morgan fingerprint density at radius 2 is 1.71 bits per heavy atom. The maximum atomic E-state index is 11.8. The van der Waals surface area contributed by atoms with Crippen molar-refractivity contribution < 1.29 is 14.6 Å². The molecule has 0 saturated carbocycles. The number of hydrogen-bond donors (Lipinski definition) is 3. The third-order valence-corrected chi connectivity index (χ3v) is 2.79. The summed E-state index contributed by atoms with van der Waals surface area (Å²) in [7, 11) is 0. The standard InChI is InChI=1S/C16H18N2O3/c1-11-3-5-13(6-4-11)18-16(20)17-12(2)21-15-9-7-14(19)8-10-15/h3-10,12,19H,1-2H3,(H2,17,18,20). The number of ether oxygens (including phenoxy) is 1. The van der Waals surface area contributed by atoms with Gasteiger partial charge in [-0.3, -0.25) is 0 Å². The van der Waals surface area contributed by atoms with E-state index in [2.05, 4.69) is 10.6 Å². The summed E-state index contributed by atoms with van der Waals surface area (Å²) in [5.74, 6) is 0.732. The van der Waals surface area contributed by atoms with Crippen LogP contribution in [-0.2, 0) is 0 Å². The highest BCUT2D eigenvalue weighted by Crippen LogP contribution is 2.16. The summed E-state index contributed by atoms with van der Waals surface area (Å²) in [5.41, 5.74) is 1.85. The second kappa shape index (κ2) is 6.65. The van der Waals surface area contributed by atoms with Crippen molar-refractivity contribution >= 4 is 11.7 Å². The minimum absolute atomic E-state index is 0.167. The van der Waals surface area contributed by atoms with Gasteiger partial charge in [0.1, 0.15) is 11.5 Å². The summed E-state index contributed by atoms with van der Waals surface area (Å²) >= 11 is 0. The third-order valence-electron chi connectivity index (χ3n) is 2.79. The number of benzene rings is 2. The molecular formula is C16H18N2O3. The van der Waals surface area contributed by atoms with Crippen LogP contribution in [0.25, 0.3) is 0 Å². The molecule has 0 aliphatic carbocycles. The Hall–Kier alpha value is -2.69. The first-order valence-electron chi connectivity index (χ1n) is 6.63. The smallest absolute Gasteiger partial charge is 0.322 e. The number of amides is 2. The van der Waals surface area contributed by atoms with Crippen LogP contribution < -0.4 is 15.4 Å². The number of phenols is 1. The second-order valence-corrected chi connectivity index (χ2v) is 4.72. The number of nitrogens with one attached hydrogen (secondary N) is 2. The zero-order valence-electron chi connectivity index (χ0n) is 12.0. The lowest BCUT2D eigenvalue weighted by molar-refractivity contribution is 0.183. The molecule has 1 atom stereocenters. The average molecular weight is 286 g/mol. The molecule has 2 amide bonds. The van der Waals surface area contributed by atoms with Gasteiger partial charge in [-0.05, 0) is 50.2 Å². The fraction of sp³-hybridized carbons (Fsp3) is 0.188. The molecule has 2 aromatic rings. The Bertz CT molecular complexity index is 594. The SMILES string of the molecule is Cc1ccc(NC(=O)NC(C)Oc2ccc(O)cc2)cc1. The topological polar surface area (TPSA) is 70.6 Å². The Balaban J connectivity index is 1.84. The van der Waals surface area contributed by atoms with E-state index in [4.69, 9.17) is 4.74 Å². The van der Waals surface area contributed by atoms with E-state index in [1.165, 1.54) is 12.1 Å². The van der Waals surface area contributed by atoms with E-state index in [-0.39, 0.29) is 11.8 Å². The van der Waals surface area contributed by atoms with Crippen molar-refractivity contribution in [3.63, 3.8) is 0 Å². The first-order valence-corrected chi connectivity index (χ1v) is 6.63. The largest absolute Gasteiger partial charge is 0.508 e. The predicted molar refractivity (Wildman–Crippen MR) is 81.5 cm³/mol. The molecule has 21 heavy (non-hydrogen) atoms. The number of aromatic hydroxyl groups is 1. The number of hydrogen-bond acceptors (Lipinski definition) is 3. The highest BCUT2D eigenvalue weighted by atomic mass is 16.5. The second-order valence-electron chi connectivity index (χ2n) is 4.72. The number of carbonyl (C=O) groups excluding carboxylic acids is 1. The van der Waals surface area contributed by atoms with Crippen LogP contribution in [0.1, 0.15) is 12.5 Å². The normalized spacial score (nSPS) is 11.5. The predicted octanol–water partition coefficient (Wildman–Crippen LogP) is 3.25. The number of aryl methyl sites for hydroxylation is 1. The van der Waals surface area contributed by atoms with Crippen LogP contribution in [0.2, 0.25) is 0 Å². The quantitative estimate of drug-likeness (QED) is 0.756. The van der Waals surface area contributed by atoms with Gasteiger partial charge >= 0.3 is 6.03 Å². The molecule has 0 fully saturated rings. The Morgan fingerprint density at radius 1 is 1.10 bits per heavy atom. The van der Waals surface area contributed by atoms with E-state index in [9.17, 15) is 9.90 Å². The van der Waals surface area contributed by atoms with Gasteiger partial charge in [0, 0.05) is 5.69 Å². The molecule has 5 heteroatoms. The van der Waals surface area contributed by atoms with Gasteiger partial charge in [-0.25, -0.2) is 4.79 Å². The molecule has 0 saturated heterocycles. The summed E-state index contributed by atoms with van der Waals surface area (Å²) in [4.78, 5) is 11.8. The molecule has 110 valence electrons. The van der Waals surface area contributed by atoms with Gasteiger partial charge in [0.25, 0.3) is 0 Å². The highest BCUT2D eigenvalue weighted by molar-refractivity contribution is 5.89. The van der Waals surface area contributed by atoms with Gasteiger partial charge in [-0.15, -0.1) is 0 Å². The number of urea groups is 1. The molecule has 1 unspecified atom stereocenters. The first kappa shape index (κ1) is 14.7. The highest BCUT2D eigenvalue weighted by Gasteiger charge is 2.08. The van der Waals surface area contributed by atoms with E-state index in [1.54, 1.807) is 19.1 Å². The molecule has 0 aliphatic heterocycles. The monoisotopic (exact) mass is 286 g/mol. The van der Waals surface area contributed by atoms with Crippen molar-refractivity contribution in [1.82, 2.24) is 5.32 Å². The molecular weight excluding hydrogens is 268 g/mol. The van der Waals surface area contributed by atoms with E-state index in [0.29, 0.717) is 5.75 Å². The van der Waals surface area contributed by atoms with Crippen LogP contribution in [0.5, 0.6) is 11.5 Å². The number of phenolic OH excluding ortho intramolecular Hbond substituents is 1. The van der Waals surface area contributed by atoms with Crippen molar-refractivity contribution in [2.45, 2.75) is 20.1 Å². The van der Waals surface area contributed by atoms with Gasteiger partial charge in [-0.1, -0.05) is 17.7 Å². The molecule has 2 aromatic carbocycles. The summed E-state index contributed by atoms with van der Waals surface area (Å²) in [5, 5.41) is 14.6. The molecule has 5 nitrogen and oxygen atoms in total. The van der Waals surface area contributed by atoms with Crippen LogP contribution in [0.15, 0.2) is 48.5 Å². The van der Waals surface area contributed by atoms with Crippen molar-refractivity contribution in [3.8, 4) is 11.5 Å². The van der Waals surface area contributed by atoms with Crippen LogP contribution in [0, 0.1) is 6.92 Å². The lowest BCUT2D eigenvalue weighted by Gasteiger charge is -2.16. The zero-order valence-corrected chi connectivity index (χ0v) is 12.0. The summed E-state index contributed by atoms with van der Waals surface area (Å²) in [6, 6.07) is 13.5. The zero-order chi connectivity index (χ0) is 15.2. The van der Waals surface area contributed by atoms with Gasteiger partial charge in [-0.2, -0.15) is 0 Å². The summed E-state index contributed by atoms with van der Waals surface area (Å²) in [6.07, 6.45) is -0.500. The molecule has 0 radical (unpaired) electrons. The van der Waals surface area contributed by atoms with Crippen LogP contribution in [0.3, 0.4) is 0 Å². The van der Waals surface area contributed by atoms with Crippen molar-refractivity contribution in [3.05, 3.63) is 54.1 Å². The summed E-state index contributed by atoms with van der Waals surface area (Å²) < 4.78 is 5.51. The Morgan fingerprint density at radius 3 is 2.33 bits per heavy atom. The first-order chi connectivity index (χ1) is 10.0. The lowest BCUT2D eigenvalue weighted by atomic mass is 10.2. The molecule has 0 spiro atoms. The van der Waals surface area contributed by atoms with E-state index in [0.717, 1.165) is 11.3 Å². The van der Waals surface area contributed by atoms with E-state index < -0.39 is 6.23 Å². The van der Waals surface area contributed by atoms with E-state index >= 15 is 0 Å². The average Bonchev–Trinajstić information content (AvgIpc) is 2.44. The fourth-order valence-corrected chi connectivity index (χ4v) is 1.75. The molecule has 0 heterocycles. The summed E-state index contributed by atoms with van der Waals surface area (Å²) in [6.45, 7) is 3.71. The number of anilines is 1. The van der Waals surface area contributed by atoms with Gasteiger partial charge in [0.15, 0.2) is 6.23 Å². The number of rotatable bonds is 4. The maximum Gasteiger partial charge on any atom is 0.322 e. The van der Waals surface area contributed by atoms with Crippen LogP contribution in [-0.4, -0.2) is 17.4 Å². The van der Waals surface area contributed by atoms with Crippen LogP contribution >= 0.6 is 0 Å². The minimum Gasteiger partial charge on any atom is -0.508 e. The Labute approximate surface area is 123 Å². The van der Waals surface area contributed by atoms with Gasteiger partial charge in [0.2, 0.25) is 0 Å². The Kier molecular flexibility index (Phi) is 4.66. The molecule has 0 aromatic heterocycles. The molecule has 2 rings (SSSR count).